The van der Waals surface area contributed by atoms with Crippen molar-refractivity contribution < 1.29 is 9.90 Å². The number of hydrazone groups is 1. The van der Waals surface area contributed by atoms with Gasteiger partial charge in [0.1, 0.15) is 5.75 Å². The minimum Gasteiger partial charge on any atom is -0.507 e. The lowest BCUT2D eigenvalue weighted by Crippen LogP contribution is -2.20. The highest BCUT2D eigenvalue weighted by Gasteiger charge is 2.09. The fraction of sp³-hybridized carbons (Fsp3) is 0.111. The maximum Gasteiger partial charge on any atom is 0.267 e. The minimum absolute atomic E-state index is 0.136. The average molecular weight is 292 g/mol. The molecular weight excluding hydrogens is 276 g/mol. The molecule has 1 aliphatic rings. The first-order valence-corrected chi connectivity index (χ1v) is 7.15. The number of phenolic OH excluding ortho intramolecular Hbond substituents is 1. The van der Waals surface area contributed by atoms with E-state index in [2.05, 4.69) is 10.5 Å². The van der Waals surface area contributed by atoms with Gasteiger partial charge in [-0.1, -0.05) is 48.6 Å². The third-order valence-electron chi connectivity index (χ3n) is 3.61. The molecule has 1 amide bonds. The lowest BCUT2D eigenvalue weighted by Gasteiger charge is -2.07. The molecule has 0 bridgehead atoms. The smallest absolute Gasteiger partial charge is 0.267 e. The SMILES string of the molecule is O=C(N/N=C/c1c(O)ccc2ccccc12)C1=CC=CCC1. The fourth-order valence-electron chi connectivity index (χ4n) is 2.44. The van der Waals surface area contributed by atoms with E-state index in [4.69, 9.17) is 0 Å². The van der Waals surface area contributed by atoms with Crippen molar-refractivity contribution in [2.24, 2.45) is 5.10 Å². The summed E-state index contributed by atoms with van der Waals surface area (Å²) in [6, 6.07) is 11.2. The topological polar surface area (TPSA) is 61.7 Å². The first-order valence-electron chi connectivity index (χ1n) is 7.15. The second kappa shape index (κ2) is 6.26. The number of benzene rings is 2. The quantitative estimate of drug-likeness (QED) is 0.673. The molecule has 22 heavy (non-hydrogen) atoms. The number of fused-ring (bicyclic) bond motifs is 1. The van der Waals surface area contributed by atoms with Gasteiger partial charge in [0.25, 0.3) is 5.91 Å². The Morgan fingerprint density at radius 1 is 1.23 bits per heavy atom. The van der Waals surface area contributed by atoms with Gasteiger partial charge in [-0.05, 0) is 29.7 Å². The van der Waals surface area contributed by atoms with Gasteiger partial charge in [0.05, 0.1) is 6.21 Å². The van der Waals surface area contributed by atoms with E-state index in [1.54, 1.807) is 12.1 Å². The summed E-state index contributed by atoms with van der Waals surface area (Å²) in [5, 5.41) is 15.9. The van der Waals surface area contributed by atoms with Crippen LogP contribution in [0.4, 0.5) is 0 Å². The number of amides is 1. The molecule has 0 fully saturated rings. The summed E-state index contributed by atoms with van der Waals surface area (Å²) >= 11 is 0. The summed E-state index contributed by atoms with van der Waals surface area (Å²) in [7, 11) is 0. The second-order valence-electron chi connectivity index (χ2n) is 5.08. The van der Waals surface area contributed by atoms with E-state index in [0.717, 1.165) is 23.6 Å². The van der Waals surface area contributed by atoms with Crippen LogP contribution in [0, 0.1) is 0 Å². The zero-order chi connectivity index (χ0) is 15.4. The molecule has 4 heteroatoms. The van der Waals surface area contributed by atoms with Crippen LogP contribution in [0.2, 0.25) is 0 Å². The Morgan fingerprint density at radius 3 is 2.91 bits per heavy atom. The molecule has 0 spiro atoms. The lowest BCUT2D eigenvalue weighted by molar-refractivity contribution is -0.117. The van der Waals surface area contributed by atoms with Gasteiger partial charge in [0, 0.05) is 11.1 Å². The van der Waals surface area contributed by atoms with Crippen molar-refractivity contribution in [3.63, 3.8) is 0 Å². The van der Waals surface area contributed by atoms with Gasteiger partial charge in [0.2, 0.25) is 0 Å². The van der Waals surface area contributed by atoms with Crippen LogP contribution in [0.5, 0.6) is 5.75 Å². The van der Waals surface area contributed by atoms with E-state index in [1.165, 1.54) is 6.21 Å². The zero-order valence-electron chi connectivity index (χ0n) is 12.0. The Hall–Kier alpha value is -2.88. The number of hydrogen-bond acceptors (Lipinski definition) is 3. The van der Waals surface area contributed by atoms with Crippen molar-refractivity contribution in [1.82, 2.24) is 5.43 Å². The van der Waals surface area contributed by atoms with Gasteiger partial charge in [0.15, 0.2) is 0 Å². The van der Waals surface area contributed by atoms with E-state index in [-0.39, 0.29) is 11.7 Å². The Balaban J connectivity index is 1.81. The van der Waals surface area contributed by atoms with Gasteiger partial charge in [-0.2, -0.15) is 5.10 Å². The van der Waals surface area contributed by atoms with Crippen molar-refractivity contribution in [2.45, 2.75) is 12.8 Å². The van der Waals surface area contributed by atoms with Crippen molar-refractivity contribution in [3.05, 3.63) is 65.8 Å². The highest BCUT2D eigenvalue weighted by molar-refractivity contribution is 6.03. The zero-order valence-corrected chi connectivity index (χ0v) is 12.0. The highest BCUT2D eigenvalue weighted by Crippen LogP contribution is 2.25. The van der Waals surface area contributed by atoms with Crippen LogP contribution in [0.3, 0.4) is 0 Å². The summed E-state index contributed by atoms with van der Waals surface area (Å²) in [5.74, 6) is -0.0724. The number of nitrogens with zero attached hydrogens (tertiary/aromatic N) is 1. The molecule has 3 rings (SSSR count). The van der Waals surface area contributed by atoms with Crippen LogP contribution in [0.1, 0.15) is 18.4 Å². The van der Waals surface area contributed by atoms with Crippen molar-refractivity contribution in [2.75, 3.05) is 0 Å². The third-order valence-corrected chi connectivity index (χ3v) is 3.61. The van der Waals surface area contributed by atoms with E-state index in [0.29, 0.717) is 11.1 Å². The fourth-order valence-corrected chi connectivity index (χ4v) is 2.44. The molecule has 2 N–H and O–H groups in total. The number of hydrogen-bond donors (Lipinski definition) is 2. The molecule has 0 unspecified atom stereocenters. The number of aromatic hydroxyl groups is 1. The predicted molar refractivity (Wildman–Crippen MR) is 87.8 cm³/mol. The Morgan fingerprint density at radius 2 is 2.09 bits per heavy atom. The Bertz CT molecular complexity index is 804. The number of allylic oxidation sites excluding steroid dienone is 3. The summed E-state index contributed by atoms with van der Waals surface area (Å²) in [6.45, 7) is 0. The van der Waals surface area contributed by atoms with Crippen molar-refractivity contribution in [1.29, 1.82) is 0 Å². The van der Waals surface area contributed by atoms with Gasteiger partial charge in [-0.3, -0.25) is 4.79 Å². The Kier molecular flexibility index (Phi) is 4.01. The van der Waals surface area contributed by atoms with Gasteiger partial charge in [-0.15, -0.1) is 0 Å². The third kappa shape index (κ3) is 2.91. The Labute approximate surface area is 128 Å². The number of phenols is 1. The van der Waals surface area contributed by atoms with Crippen LogP contribution in [-0.4, -0.2) is 17.2 Å². The summed E-state index contributed by atoms with van der Waals surface area (Å²) in [4.78, 5) is 11.9. The van der Waals surface area contributed by atoms with Crippen LogP contribution >= 0.6 is 0 Å². The summed E-state index contributed by atoms with van der Waals surface area (Å²) < 4.78 is 0. The number of nitrogens with one attached hydrogen (secondary N) is 1. The largest absolute Gasteiger partial charge is 0.507 e. The molecule has 2 aromatic carbocycles. The molecule has 110 valence electrons. The normalized spacial score (nSPS) is 14.3. The van der Waals surface area contributed by atoms with Crippen LogP contribution < -0.4 is 5.43 Å². The molecule has 0 aromatic heterocycles. The van der Waals surface area contributed by atoms with Crippen LogP contribution in [0.25, 0.3) is 10.8 Å². The number of rotatable bonds is 3. The molecule has 4 nitrogen and oxygen atoms in total. The minimum atomic E-state index is -0.208. The van der Waals surface area contributed by atoms with Crippen LogP contribution in [0.15, 0.2) is 65.3 Å². The van der Waals surface area contributed by atoms with E-state index in [1.807, 2.05) is 42.5 Å². The van der Waals surface area contributed by atoms with Crippen LogP contribution in [-0.2, 0) is 4.79 Å². The highest BCUT2D eigenvalue weighted by atomic mass is 16.3. The number of carbonyl (C=O) groups excluding carboxylic acids is 1. The summed E-state index contributed by atoms with van der Waals surface area (Å²) in [5.41, 5.74) is 3.81. The standard InChI is InChI=1S/C18H16N2O2/c21-17-11-10-13-6-4-5-9-15(13)16(17)12-19-20-18(22)14-7-2-1-3-8-14/h1-2,4-7,9-12,21H,3,8H2,(H,20,22)/b19-12+. The van der Waals surface area contributed by atoms with E-state index < -0.39 is 0 Å². The number of carbonyl (C=O) groups is 1. The lowest BCUT2D eigenvalue weighted by atomic mass is 10.0. The van der Waals surface area contributed by atoms with Gasteiger partial charge in [-0.25, -0.2) is 5.43 Å². The van der Waals surface area contributed by atoms with Crippen molar-refractivity contribution in [3.8, 4) is 5.75 Å². The molecule has 0 radical (unpaired) electrons. The molecule has 1 aliphatic carbocycles. The predicted octanol–water partition coefficient (Wildman–Crippen LogP) is 3.27. The molecule has 0 saturated heterocycles. The van der Waals surface area contributed by atoms with Gasteiger partial charge < -0.3 is 5.11 Å². The van der Waals surface area contributed by atoms with Gasteiger partial charge >= 0.3 is 0 Å². The van der Waals surface area contributed by atoms with E-state index in [9.17, 15) is 9.90 Å². The second-order valence-corrected chi connectivity index (χ2v) is 5.08. The van der Waals surface area contributed by atoms with Crippen molar-refractivity contribution >= 4 is 22.9 Å². The molecule has 0 saturated carbocycles. The molecular formula is C18H16N2O2. The first-order chi connectivity index (χ1) is 10.8. The van der Waals surface area contributed by atoms with E-state index >= 15 is 0 Å². The molecule has 0 atom stereocenters. The molecule has 0 heterocycles. The first kappa shape index (κ1) is 14.1. The molecule has 2 aromatic rings. The maximum absolute atomic E-state index is 11.9. The average Bonchev–Trinajstić information content (AvgIpc) is 2.57. The monoisotopic (exact) mass is 292 g/mol. The molecule has 0 aliphatic heterocycles. The maximum atomic E-state index is 11.9. The summed E-state index contributed by atoms with van der Waals surface area (Å²) in [6.07, 6.45) is 8.76.